The number of benzene rings is 3. The number of sulfonamides is 1. The summed E-state index contributed by atoms with van der Waals surface area (Å²) in [6.07, 6.45) is 0. The Labute approximate surface area is 167 Å². The van der Waals surface area contributed by atoms with Crippen molar-refractivity contribution in [2.75, 3.05) is 10.8 Å². The van der Waals surface area contributed by atoms with Crippen molar-refractivity contribution in [1.82, 2.24) is 0 Å². The minimum absolute atomic E-state index is 0.113. The van der Waals surface area contributed by atoms with Crippen molar-refractivity contribution >= 4 is 35.1 Å². The SMILES string of the molecule is Cc1ccc(S(=O)(=O)N2CC(C)([Se]c3ccccc3)c3ccccc32)cc1. The van der Waals surface area contributed by atoms with E-state index in [2.05, 4.69) is 25.1 Å². The van der Waals surface area contributed by atoms with Gasteiger partial charge in [0.25, 0.3) is 0 Å². The molecule has 27 heavy (non-hydrogen) atoms. The second-order valence-electron chi connectivity index (χ2n) is 6.99. The average Bonchev–Trinajstić information content (AvgIpc) is 2.97. The van der Waals surface area contributed by atoms with Gasteiger partial charge in [-0.25, -0.2) is 0 Å². The summed E-state index contributed by atoms with van der Waals surface area (Å²) < 4.78 is 29.4. The Bertz CT molecular complexity index is 1060. The van der Waals surface area contributed by atoms with Gasteiger partial charge in [-0.15, -0.1) is 0 Å². The summed E-state index contributed by atoms with van der Waals surface area (Å²) in [7, 11) is -3.59. The molecule has 0 bridgehead atoms. The quantitative estimate of drug-likeness (QED) is 0.581. The minimum atomic E-state index is -3.59. The van der Waals surface area contributed by atoms with Crippen LogP contribution < -0.4 is 8.77 Å². The van der Waals surface area contributed by atoms with Crippen LogP contribution in [0.2, 0.25) is 0 Å². The van der Waals surface area contributed by atoms with Crippen LogP contribution in [0.5, 0.6) is 0 Å². The molecule has 0 radical (unpaired) electrons. The van der Waals surface area contributed by atoms with Gasteiger partial charge in [0.2, 0.25) is 0 Å². The summed E-state index contributed by atoms with van der Waals surface area (Å²) >= 11 is 0.113. The molecule has 1 atom stereocenters. The standard InChI is InChI=1S/C22H21NO2SSe/c1-17-12-14-18(15-13-17)26(24,25)23-16-22(2,20-10-6-7-11-21(20)23)27-19-8-4-3-5-9-19/h3-15H,16H2,1-2H3. The second-order valence-corrected chi connectivity index (χ2v) is 12.2. The van der Waals surface area contributed by atoms with Crippen molar-refractivity contribution in [3.8, 4) is 0 Å². The topological polar surface area (TPSA) is 37.4 Å². The molecule has 4 rings (SSSR count). The fourth-order valence-electron chi connectivity index (χ4n) is 3.47. The van der Waals surface area contributed by atoms with Gasteiger partial charge < -0.3 is 0 Å². The maximum absolute atomic E-state index is 13.4. The van der Waals surface area contributed by atoms with E-state index in [1.54, 1.807) is 16.4 Å². The molecule has 1 aliphatic rings. The van der Waals surface area contributed by atoms with Crippen molar-refractivity contribution in [1.29, 1.82) is 0 Å². The molecule has 1 heterocycles. The van der Waals surface area contributed by atoms with Gasteiger partial charge in [0.05, 0.1) is 0 Å². The molecule has 0 N–H and O–H groups in total. The van der Waals surface area contributed by atoms with Gasteiger partial charge in [0.15, 0.2) is 0 Å². The molecular formula is C22H21NO2SSe. The van der Waals surface area contributed by atoms with Crippen LogP contribution in [-0.2, 0) is 14.3 Å². The first kappa shape index (κ1) is 18.3. The molecule has 138 valence electrons. The van der Waals surface area contributed by atoms with Gasteiger partial charge in [-0.1, -0.05) is 0 Å². The molecular weight excluding hydrogens is 421 g/mol. The number of para-hydroxylation sites is 1. The van der Waals surface area contributed by atoms with Crippen LogP contribution in [0.1, 0.15) is 18.1 Å². The van der Waals surface area contributed by atoms with E-state index < -0.39 is 10.0 Å². The molecule has 1 unspecified atom stereocenters. The molecule has 3 aromatic carbocycles. The summed E-state index contributed by atoms with van der Waals surface area (Å²) in [5, 5.41) is 0. The Morgan fingerprint density at radius 3 is 2.22 bits per heavy atom. The van der Waals surface area contributed by atoms with Crippen LogP contribution in [-0.4, -0.2) is 29.9 Å². The normalized spacial score (nSPS) is 19.1. The van der Waals surface area contributed by atoms with Crippen LogP contribution in [0.15, 0.2) is 83.8 Å². The van der Waals surface area contributed by atoms with Crippen LogP contribution >= 0.6 is 0 Å². The predicted molar refractivity (Wildman–Crippen MR) is 111 cm³/mol. The Balaban J connectivity index is 1.77. The van der Waals surface area contributed by atoms with E-state index in [-0.39, 0.29) is 19.3 Å². The first-order valence-electron chi connectivity index (χ1n) is 8.83. The maximum atomic E-state index is 13.4. The Kier molecular flexibility index (Phi) is 4.63. The van der Waals surface area contributed by atoms with E-state index in [1.807, 2.05) is 55.5 Å². The van der Waals surface area contributed by atoms with E-state index in [1.165, 1.54) is 4.46 Å². The predicted octanol–water partition coefficient (Wildman–Crippen LogP) is 3.45. The van der Waals surface area contributed by atoms with E-state index in [4.69, 9.17) is 0 Å². The Morgan fingerprint density at radius 1 is 0.889 bits per heavy atom. The van der Waals surface area contributed by atoms with Crippen molar-refractivity contribution in [3.05, 3.63) is 90.0 Å². The summed E-state index contributed by atoms with van der Waals surface area (Å²) in [5.74, 6) is 0. The van der Waals surface area contributed by atoms with E-state index in [0.717, 1.165) is 16.8 Å². The average molecular weight is 442 g/mol. The number of nitrogens with zero attached hydrogens (tertiary/aromatic N) is 1. The van der Waals surface area contributed by atoms with Crippen molar-refractivity contribution in [2.24, 2.45) is 0 Å². The third-order valence-electron chi connectivity index (χ3n) is 4.88. The van der Waals surface area contributed by atoms with Gasteiger partial charge in [0, 0.05) is 0 Å². The first-order valence-corrected chi connectivity index (χ1v) is 12.0. The molecule has 0 spiro atoms. The summed E-state index contributed by atoms with van der Waals surface area (Å²) in [4.78, 5) is 0.347. The molecule has 5 heteroatoms. The molecule has 0 saturated heterocycles. The third kappa shape index (κ3) is 3.31. The van der Waals surface area contributed by atoms with Crippen molar-refractivity contribution in [3.63, 3.8) is 0 Å². The second kappa shape index (κ2) is 6.83. The van der Waals surface area contributed by atoms with Gasteiger partial charge >= 0.3 is 167 Å². The molecule has 3 nitrogen and oxygen atoms in total. The third-order valence-corrected chi connectivity index (χ3v) is 9.40. The van der Waals surface area contributed by atoms with Crippen LogP contribution in [0, 0.1) is 6.92 Å². The zero-order chi connectivity index (χ0) is 19.1. The molecule has 0 saturated carbocycles. The molecule has 0 fully saturated rings. The number of fused-ring (bicyclic) bond motifs is 1. The molecule has 0 aromatic heterocycles. The monoisotopic (exact) mass is 443 g/mol. The zero-order valence-electron chi connectivity index (χ0n) is 15.3. The fraction of sp³-hybridized carbons (Fsp3) is 0.182. The number of hydrogen-bond donors (Lipinski definition) is 0. The zero-order valence-corrected chi connectivity index (χ0v) is 17.8. The molecule has 0 aliphatic carbocycles. The fourth-order valence-corrected chi connectivity index (χ4v) is 7.94. The molecule has 0 amide bonds. The van der Waals surface area contributed by atoms with Crippen molar-refractivity contribution in [2.45, 2.75) is 23.1 Å². The number of rotatable bonds is 4. The van der Waals surface area contributed by atoms with Gasteiger partial charge in [-0.05, 0) is 0 Å². The summed E-state index contributed by atoms with van der Waals surface area (Å²) in [5.41, 5.74) is 2.97. The summed E-state index contributed by atoms with van der Waals surface area (Å²) in [6.45, 7) is 4.61. The summed E-state index contributed by atoms with van der Waals surface area (Å²) in [6, 6.07) is 25.4. The van der Waals surface area contributed by atoms with Gasteiger partial charge in [-0.2, -0.15) is 0 Å². The van der Waals surface area contributed by atoms with Crippen LogP contribution in [0.25, 0.3) is 0 Å². The van der Waals surface area contributed by atoms with E-state index >= 15 is 0 Å². The molecule has 3 aromatic rings. The first-order chi connectivity index (χ1) is 12.9. The molecule has 1 aliphatic heterocycles. The van der Waals surface area contributed by atoms with E-state index in [0.29, 0.717) is 11.4 Å². The van der Waals surface area contributed by atoms with Crippen molar-refractivity contribution < 1.29 is 8.42 Å². The Hall–Kier alpha value is -2.07. The number of hydrogen-bond acceptors (Lipinski definition) is 2. The van der Waals surface area contributed by atoms with Crippen LogP contribution in [0.3, 0.4) is 0 Å². The van der Waals surface area contributed by atoms with Crippen LogP contribution in [0.4, 0.5) is 5.69 Å². The Morgan fingerprint density at radius 2 is 1.52 bits per heavy atom. The van der Waals surface area contributed by atoms with Gasteiger partial charge in [-0.3, -0.25) is 0 Å². The van der Waals surface area contributed by atoms with E-state index in [9.17, 15) is 8.42 Å². The number of aryl methyl sites for hydroxylation is 1. The number of anilines is 1. The van der Waals surface area contributed by atoms with Gasteiger partial charge in [0.1, 0.15) is 0 Å².